The Labute approximate surface area is 81.8 Å². The fourth-order valence-corrected chi connectivity index (χ4v) is 1.17. The number of amides is 1. The van der Waals surface area contributed by atoms with E-state index in [0.29, 0.717) is 18.5 Å². The van der Waals surface area contributed by atoms with Crippen LogP contribution in [0, 0.1) is 11.3 Å². The third-order valence-corrected chi connectivity index (χ3v) is 1.77. The lowest BCUT2D eigenvalue weighted by Crippen LogP contribution is -2.09. The van der Waals surface area contributed by atoms with E-state index in [4.69, 9.17) is 10.4 Å². The molecule has 0 saturated heterocycles. The summed E-state index contributed by atoms with van der Waals surface area (Å²) in [7, 11) is 0. The molecule has 0 fully saturated rings. The van der Waals surface area contributed by atoms with Crippen LogP contribution < -0.4 is 5.32 Å². The lowest BCUT2D eigenvalue weighted by atomic mass is 10.1. The second-order valence-corrected chi connectivity index (χ2v) is 2.75. The zero-order valence-electron chi connectivity index (χ0n) is 7.53. The van der Waals surface area contributed by atoms with Crippen molar-refractivity contribution in [3.63, 3.8) is 0 Å². The van der Waals surface area contributed by atoms with E-state index in [0.717, 1.165) is 5.56 Å². The van der Waals surface area contributed by atoms with Crippen LogP contribution in [0.25, 0.3) is 0 Å². The fourth-order valence-electron chi connectivity index (χ4n) is 1.17. The predicted molar refractivity (Wildman–Crippen MR) is 52.0 cm³/mol. The number of nitriles is 1. The molecule has 4 heteroatoms. The highest BCUT2D eigenvalue weighted by Gasteiger charge is 2.03. The fraction of sp³-hybridized carbons (Fsp3) is 0.200. The van der Waals surface area contributed by atoms with Gasteiger partial charge in [-0.2, -0.15) is 5.26 Å². The topological polar surface area (TPSA) is 73.1 Å². The third-order valence-electron chi connectivity index (χ3n) is 1.77. The van der Waals surface area contributed by atoms with E-state index in [1.807, 2.05) is 18.2 Å². The van der Waals surface area contributed by atoms with Gasteiger partial charge in [-0.3, -0.25) is 5.32 Å². The molecule has 2 N–H and O–H groups in total. The minimum Gasteiger partial charge on any atom is -0.465 e. The number of rotatable bonds is 3. The maximum atomic E-state index is 10.4. The van der Waals surface area contributed by atoms with Gasteiger partial charge in [0.05, 0.1) is 6.07 Å². The molecule has 1 aromatic carbocycles. The van der Waals surface area contributed by atoms with Gasteiger partial charge in [-0.1, -0.05) is 18.2 Å². The van der Waals surface area contributed by atoms with Crippen LogP contribution in [0.1, 0.15) is 12.0 Å². The number of carboxylic acid groups (broad SMARTS) is 1. The number of nitrogens with one attached hydrogen (secondary N) is 1. The molecular formula is C10H10N2O2. The Morgan fingerprint density at radius 1 is 1.50 bits per heavy atom. The number of benzene rings is 1. The van der Waals surface area contributed by atoms with E-state index in [-0.39, 0.29) is 0 Å². The van der Waals surface area contributed by atoms with Crippen LogP contribution in [0.3, 0.4) is 0 Å². The number of nitrogens with zero attached hydrogens (tertiary/aromatic N) is 1. The Kier molecular flexibility index (Phi) is 3.50. The molecular weight excluding hydrogens is 180 g/mol. The zero-order chi connectivity index (χ0) is 10.4. The molecule has 0 aromatic heterocycles. The Bertz CT molecular complexity index is 369. The van der Waals surface area contributed by atoms with Crippen LogP contribution in [-0.4, -0.2) is 11.2 Å². The van der Waals surface area contributed by atoms with E-state index < -0.39 is 6.09 Å². The van der Waals surface area contributed by atoms with Crippen molar-refractivity contribution in [3.8, 4) is 6.07 Å². The maximum absolute atomic E-state index is 10.4. The van der Waals surface area contributed by atoms with Gasteiger partial charge in [0.15, 0.2) is 0 Å². The van der Waals surface area contributed by atoms with Crippen molar-refractivity contribution in [1.29, 1.82) is 5.26 Å². The number of hydrogen-bond donors (Lipinski definition) is 2. The summed E-state index contributed by atoms with van der Waals surface area (Å²) in [6.07, 6.45) is -0.139. The van der Waals surface area contributed by atoms with Gasteiger partial charge in [-0.05, 0) is 18.1 Å². The summed E-state index contributed by atoms with van der Waals surface area (Å²) in [5.74, 6) is 0. The number of aryl methyl sites for hydroxylation is 1. The van der Waals surface area contributed by atoms with Crippen LogP contribution in [0.5, 0.6) is 0 Å². The first-order valence-corrected chi connectivity index (χ1v) is 4.19. The molecule has 0 saturated carbocycles. The van der Waals surface area contributed by atoms with E-state index in [9.17, 15) is 4.79 Å². The lowest BCUT2D eigenvalue weighted by molar-refractivity contribution is 0.209. The normalized spacial score (nSPS) is 9.07. The standard InChI is InChI=1S/C10H10N2O2/c11-7-3-5-8-4-1-2-6-9(8)12-10(13)14/h1-2,4,6,12H,3,5H2,(H,13,14). The summed E-state index contributed by atoms with van der Waals surface area (Å²) < 4.78 is 0. The van der Waals surface area contributed by atoms with E-state index in [1.165, 1.54) is 0 Å². The molecule has 0 heterocycles. The number of anilines is 1. The first-order valence-electron chi connectivity index (χ1n) is 4.19. The van der Waals surface area contributed by atoms with Gasteiger partial charge >= 0.3 is 6.09 Å². The Balaban J connectivity index is 2.81. The van der Waals surface area contributed by atoms with Gasteiger partial charge in [0.25, 0.3) is 0 Å². The molecule has 0 aliphatic rings. The summed E-state index contributed by atoms with van der Waals surface area (Å²) in [6, 6.07) is 9.08. The monoisotopic (exact) mass is 190 g/mol. The summed E-state index contributed by atoms with van der Waals surface area (Å²) in [5, 5.41) is 19.2. The maximum Gasteiger partial charge on any atom is 0.409 e. The molecule has 1 rings (SSSR count). The summed E-state index contributed by atoms with van der Waals surface area (Å²) in [6.45, 7) is 0. The molecule has 0 aliphatic heterocycles. The van der Waals surface area contributed by atoms with Gasteiger partial charge in [0, 0.05) is 12.1 Å². The van der Waals surface area contributed by atoms with Crippen molar-refractivity contribution in [2.24, 2.45) is 0 Å². The average Bonchev–Trinajstić information content (AvgIpc) is 2.16. The predicted octanol–water partition coefficient (Wildman–Crippen LogP) is 2.23. The second-order valence-electron chi connectivity index (χ2n) is 2.75. The Morgan fingerprint density at radius 2 is 2.21 bits per heavy atom. The Hall–Kier alpha value is -2.02. The van der Waals surface area contributed by atoms with E-state index >= 15 is 0 Å². The van der Waals surface area contributed by atoms with Crippen LogP contribution in [0.2, 0.25) is 0 Å². The number of carbonyl (C=O) groups is 1. The van der Waals surface area contributed by atoms with Gasteiger partial charge in [-0.15, -0.1) is 0 Å². The van der Waals surface area contributed by atoms with Crippen molar-refractivity contribution >= 4 is 11.8 Å². The molecule has 0 atom stereocenters. The van der Waals surface area contributed by atoms with E-state index in [1.54, 1.807) is 12.1 Å². The van der Waals surface area contributed by atoms with Gasteiger partial charge in [0.1, 0.15) is 0 Å². The van der Waals surface area contributed by atoms with Crippen molar-refractivity contribution in [3.05, 3.63) is 29.8 Å². The largest absolute Gasteiger partial charge is 0.465 e. The highest BCUT2D eigenvalue weighted by atomic mass is 16.4. The molecule has 1 amide bonds. The summed E-state index contributed by atoms with van der Waals surface area (Å²) in [5.41, 5.74) is 1.40. The van der Waals surface area contributed by atoms with Crippen molar-refractivity contribution < 1.29 is 9.90 Å². The van der Waals surface area contributed by atoms with E-state index in [2.05, 4.69) is 5.32 Å². The molecule has 0 aliphatic carbocycles. The first-order chi connectivity index (χ1) is 6.74. The SMILES string of the molecule is N#CCCc1ccccc1NC(=O)O. The molecule has 72 valence electrons. The minimum absolute atomic E-state index is 0.387. The third kappa shape index (κ3) is 2.79. The summed E-state index contributed by atoms with van der Waals surface area (Å²) >= 11 is 0. The molecule has 14 heavy (non-hydrogen) atoms. The van der Waals surface area contributed by atoms with Gasteiger partial charge in [0.2, 0.25) is 0 Å². The van der Waals surface area contributed by atoms with Crippen molar-refractivity contribution in [2.45, 2.75) is 12.8 Å². The molecule has 0 unspecified atom stereocenters. The van der Waals surface area contributed by atoms with Gasteiger partial charge in [-0.25, -0.2) is 4.79 Å². The zero-order valence-corrected chi connectivity index (χ0v) is 7.53. The molecule has 0 spiro atoms. The average molecular weight is 190 g/mol. The quantitative estimate of drug-likeness (QED) is 0.767. The summed E-state index contributed by atoms with van der Waals surface area (Å²) in [4.78, 5) is 10.4. The molecule has 0 bridgehead atoms. The van der Waals surface area contributed by atoms with Crippen molar-refractivity contribution in [2.75, 3.05) is 5.32 Å². The van der Waals surface area contributed by atoms with Crippen LogP contribution in [0.4, 0.5) is 10.5 Å². The Morgan fingerprint density at radius 3 is 2.86 bits per heavy atom. The van der Waals surface area contributed by atoms with Crippen molar-refractivity contribution in [1.82, 2.24) is 0 Å². The second kappa shape index (κ2) is 4.87. The first kappa shape index (κ1) is 10.1. The van der Waals surface area contributed by atoms with Crippen LogP contribution in [0.15, 0.2) is 24.3 Å². The highest BCUT2D eigenvalue weighted by molar-refractivity contribution is 5.83. The highest BCUT2D eigenvalue weighted by Crippen LogP contribution is 2.16. The number of hydrogen-bond acceptors (Lipinski definition) is 2. The number of para-hydroxylation sites is 1. The minimum atomic E-state index is -1.09. The van der Waals surface area contributed by atoms with Gasteiger partial charge < -0.3 is 5.11 Å². The molecule has 0 radical (unpaired) electrons. The van der Waals surface area contributed by atoms with Crippen LogP contribution >= 0.6 is 0 Å². The smallest absolute Gasteiger partial charge is 0.409 e. The van der Waals surface area contributed by atoms with Crippen LogP contribution in [-0.2, 0) is 6.42 Å². The molecule has 1 aromatic rings. The molecule has 4 nitrogen and oxygen atoms in total. The lowest BCUT2D eigenvalue weighted by Gasteiger charge is -2.06.